The fourth-order valence-electron chi connectivity index (χ4n) is 4.11. The number of carbonyl (C=O) groups excluding carboxylic acids is 1. The Morgan fingerprint density at radius 1 is 0.972 bits per heavy atom. The lowest BCUT2D eigenvalue weighted by Crippen LogP contribution is -2.29. The predicted molar refractivity (Wildman–Crippen MR) is 135 cm³/mol. The van der Waals surface area contributed by atoms with E-state index in [-0.39, 0.29) is 12.5 Å². The molecule has 1 atom stereocenters. The molecule has 0 spiro atoms. The van der Waals surface area contributed by atoms with Crippen LogP contribution in [0.4, 0.5) is 0 Å². The van der Waals surface area contributed by atoms with Crippen molar-refractivity contribution in [2.24, 2.45) is 0 Å². The number of aromatic nitrogens is 1. The molecule has 0 aliphatic carbocycles. The van der Waals surface area contributed by atoms with E-state index in [2.05, 4.69) is 10.5 Å². The average molecular weight is 483 g/mol. The summed E-state index contributed by atoms with van der Waals surface area (Å²) in [5, 5.41) is 8.05. The summed E-state index contributed by atoms with van der Waals surface area (Å²) < 4.78 is 22.8. The second-order valence-electron chi connectivity index (χ2n) is 8.46. The number of nitrogens with zero attached hydrogens (tertiary/aromatic N) is 1. The monoisotopic (exact) mass is 482 g/mol. The molecule has 3 aromatic carbocycles. The van der Waals surface area contributed by atoms with Crippen molar-refractivity contribution in [2.45, 2.75) is 26.5 Å². The van der Waals surface area contributed by atoms with Gasteiger partial charge in [0.15, 0.2) is 11.5 Å². The van der Waals surface area contributed by atoms with Crippen LogP contribution in [0.5, 0.6) is 11.5 Å². The maximum absolute atomic E-state index is 13.4. The first kappa shape index (κ1) is 23.2. The molecule has 1 N–H and O–H groups in total. The summed E-state index contributed by atoms with van der Waals surface area (Å²) in [7, 11) is 1.54. The Morgan fingerprint density at radius 3 is 2.47 bits per heavy atom. The molecule has 0 radical (unpaired) electrons. The number of hydrogen-bond donors (Lipinski definition) is 1. The number of nitrogens with one attached hydrogen (secondary N) is 1. The molecule has 0 fully saturated rings. The Morgan fingerprint density at radius 2 is 1.75 bits per heavy atom. The standard InChI is InChI=1S/C29H26N2O5/c1-18-23(19(2)36-31-18)17-34-25-14-13-22(16-26(25)33-3)29(32)30-28(20-9-5-4-6-10-20)27-15-21-11-7-8-12-24(21)35-27/h4-16,28H,17H2,1-3H3,(H,30,32). The first-order chi connectivity index (χ1) is 17.5. The smallest absolute Gasteiger partial charge is 0.252 e. The minimum atomic E-state index is -0.465. The molecule has 36 heavy (non-hydrogen) atoms. The third-order valence-corrected chi connectivity index (χ3v) is 6.12. The highest BCUT2D eigenvalue weighted by Gasteiger charge is 2.22. The average Bonchev–Trinajstić information content (AvgIpc) is 3.48. The molecular weight excluding hydrogens is 456 g/mol. The normalized spacial score (nSPS) is 11.9. The van der Waals surface area contributed by atoms with Crippen molar-refractivity contribution < 1.29 is 23.2 Å². The summed E-state index contributed by atoms with van der Waals surface area (Å²) in [6, 6.07) is 24.1. The topological polar surface area (TPSA) is 86.7 Å². The predicted octanol–water partition coefficient (Wildman–Crippen LogP) is 6.14. The van der Waals surface area contributed by atoms with Crippen LogP contribution in [0, 0.1) is 13.8 Å². The van der Waals surface area contributed by atoms with Crippen LogP contribution in [0.2, 0.25) is 0 Å². The van der Waals surface area contributed by atoms with Gasteiger partial charge in [-0.1, -0.05) is 53.7 Å². The molecule has 1 amide bonds. The van der Waals surface area contributed by atoms with Crippen molar-refractivity contribution >= 4 is 16.9 Å². The van der Waals surface area contributed by atoms with Crippen LogP contribution in [0.15, 0.2) is 87.8 Å². The molecule has 1 unspecified atom stereocenters. The zero-order chi connectivity index (χ0) is 25.1. The maximum atomic E-state index is 13.4. The van der Waals surface area contributed by atoms with Gasteiger partial charge in [0.25, 0.3) is 5.91 Å². The van der Waals surface area contributed by atoms with Crippen molar-refractivity contribution in [3.05, 3.63) is 113 Å². The molecule has 2 heterocycles. The van der Waals surface area contributed by atoms with Gasteiger partial charge >= 0.3 is 0 Å². The van der Waals surface area contributed by atoms with Gasteiger partial charge in [0, 0.05) is 10.9 Å². The summed E-state index contributed by atoms with van der Waals surface area (Å²) in [5.74, 6) is 2.07. The Balaban J connectivity index is 1.39. The molecular formula is C29H26N2O5. The van der Waals surface area contributed by atoms with Gasteiger partial charge in [0.2, 0.25) is 0 Å². The van der Waals surface area contributed by atoms with Crippen LogP contribution >= 0.6 is 0 Å². The minimum Gasteiger partial charge on any atom is -0.493 e. The van der Waals surface area contributed by atoms with E-state index in [4.69, 9.17) is 18.4 Å². The fraction of sp³-hybridized carbons (Fsp3) is 0.172. The number of ether oxygens (including phenoxy) is 2. The Hall–Kier alpha value is -4.52. The Kier molecular flexibility index (Phi) is 6.45. The zero-order valence-electron chi connectivity index (χ0n) is 20.3. The number of furan rings is 1. The second kappa shape index (κ2) is 10.00. The fourth-order valence-corrected chi connectivity index (χ4v) is 4.11. The number of aryl methyl sites for hydroxylation is 2. The number of methoxy groups -OCH3 is 1. The zero-order valence-corrected chi connectivity index (χ0v) is 20.3. The molecule has 5 aromatic rings. The number of hydrogen-bond acceptors (Lipinski definition) is 6. The van der Waals surface area contributed by atoms with Gasteiger partial charge in [0.05, 0.1) is 18.4 Å². The van der Waals surface area contributed by atoms with Crippen LogP contribution in [0.3, 0.4) is 0 Å². The van der Waals surface area contributed by atoms with Crippen LogP contribution in [0.1, 0.15) is 44.7 Å². The third kappa shape index (κ3) is 4.68. The van der Waals surface area contributed by atoms with Gasteiger partial charge in [0.1, 0.15) is 29.8 Å². The molecule has 7 nitrogen and oxygen atoms in total. The van der Waals surface area contributed by atoms with E-state index >= 15 is 0 Å². The van der Waals surface area contributed by atoms with E-state index in [1.807, 2.05) is 74.5 Å². The van der Waals surface area contributed by atoms with Crippen molar-refractivity contribution in [1.82, 2.24) is 10.5 Å². The van der Waals surface area contributed by atoms with Crippen molar-refractivity contribution in [3.8, 4) is 11.5 Å². The summed E-state index contributed by atoms with van der Waals surface area (Å²) >= 11 is 0. The van der Waals surface area contributed by atoms with Crippen molar-refractivity contribution in [2.75, 3.05) is 7.11 Å². The second-order valence-corrected chi connectivity index (χ2v) is 8.46. The number of carbonyl (C=O) groups is 1. The van der Waals surface area contributed by atoms with E-state index in [9.17, 15) is 4.79 Å². The summed E-state index contributed by atoms with van der Waals surface area (Å²) in [4.78, 5) is 13.4. The molecule has 0 saturated carbocycles. The first-order valence-corrected chi connectivity index (χ1v) is 11.6. The van der Waals surface area contributed by atoms with Gasteiger partial charge in [-0.05, 0) is 49.7 Å². The van der Waals surface area contributed by atoms with Crippen molar-refractivity contribution in [3.63, 3.8) is 0 Å². The highest BCUT2D eigenvalue weighted by molar-refractivity contribution is 5.95. The maximum Gasteiger partial charge on any atom is 0.252 e. The summed E-state index contributed by atoms with van der Waals surface area (Å²) in [6.07, 6.45) is 0. The Labute approximate surface area is 208 Å². The highest BCUT2D eigenvalue weighted by atomic mass is 16.5. The van der Waals surface area contributed by atoms with Crippen LogP contribution in [-0.2, 0) is 6.61 Å². The molecule has 182 valence electrons. The number of benzene rings is 3. The molecule has 0 saturated heterocycles. The van der Waals surface area contributed by atoms with Gasteiger partial charge in [-0.25, -0.2) is 0 Å². The number of para-hydroxylation sites is 1. The van der Waals surface area contributed by atoms with Crippen LogP contribution in [0.25, 0.3) is 11.0 Å². The third-order valence-electron chi connectivity index (χ3n) is 6.12. The molecule has 0 aliphatic heterocycles. The lowest BCUT2D eigenvalue weighted by molar-refractivity contribution is 0.0939. The first-order valence-electron chi connectivity index (χ1n) is 11.6. The number of rotatable bonds is 8. The lowest BCUT2D eigenvalue weighted by atomic mass is 10.0. The van der Waals surface area contributed by atoms with Crippen LogP contribution in [-0.4, -0.2) is 18.2 Å². The van der Waals surface area contributed by atoms with Gasteiger partial charge in [-0.2, -0.15) is 0 Å². The number of fused-ring (bicyclic) bond motifs is 1. The van der Waals surface area contributed by atoms with Gasteiger partial charge in [-0.3, -0.25) is 4.79 Å². The van der Waals surface area contributed by atoms with Crippen LogP contribution < -0.4 is 14.8 Å². The SMILES string of the molecule is COc1cc(C(=O)NC(c2ccccc2)c2cc3ccccc3o2)ccc1OCc1c(C)noc1C. The van der Waals surface area contributed by atoms with E-state index in [1.54, 1.807) is 25.3 Å². The van der Waals surface area contributed by atoms with E-state index in [1.165, 1.54) is 0 Å². The van der Waals surface area contributed by atoms with E-state index in [0.717, 1.165) is 27.8 Å². The van der Waals surface area contributed by atoms with Crippen molar-refractivity contribution in [1.29, 1.82) is 0 Å². The molecule has 7 heteroatoms. The molecule has 5 rings (SSSR count). The van der Waals surface area contributed by atoms with Gasteiger partial charge < -0.3 is 23.7 Å². The lowest BCUT2D eigenvalue weighted by Gasteiger charge is -2.18. The molecule has 2 aromatic heterocycles. The molecule has 0 aliphatic rings. The largest absolute Gasteiger partial charge is 0.493 e. The Bertz CT molecular complexity index is 1450. The molecule has 0 bridgehead atoms. The quantitative estimate of drug-likeness (QED) is 0.286. The summed E-state index contributed by atoms with van der Waals surface area (Å²) in [5.41, 5.74) is 3.78. The van der Waals surface area contributed by atoms with E-state index < -0.39 is 6.04 Å². The highest BCUT2D eigenvalue weighted by Crippen LogP contribution is 2.31. The minimum absolute atomic E-state index is 0.264. The number of amides is 1. The van der Waals surface area contributed by atoms with Gasteiger partial charge in [-0.15, -0.1) is 0 Å². The summed E-state index contributed by atoms with van der Waals surface area (Å²) in [6.45, 7) is 3.99. The van der Waals surface area contributed by atoms with E-state index in [0.29, 0.717) is 28.6 Å².